The van der Waals surface area contributed by atoms with E-state index in [1.807, 2.05) is 27.7 Å². The van der Waals surface area contributed by atoms with E-state index in [0.717, 1.165) is 43.1 Å². The number of benzene rings is 2. The summed E-state index contributed by atoms with van der Waals surface area (Å²) >= 11 is 7.48. The number of nitrogens with zero attached hydrogens (tertiary/aromatic N) is 2. The Morgan fingerprint density at radius 2 is 1.66 bits per heavy atom. The van der Waals surface area contributed by atoms with Crippen molar-refractivity contribution in [2.75, 3.05) is 4.90 Å². The van der Waals surface area contributed by atoms with Crippen LogP contribution in [0.5, 0.6) is 0 Å². The Morgan fingerprint density at radius 1 is 1.00 bits per heavy atom. The summed E-state index contributed by atoms with van der Waals surface area (Å²) in [4.78, 5) is 28.6. The Kier molecular flexibility index (Phi) is 3.65. The van der Waals surface area contributed by atoms with Crippen LogP contribution in [0, 0.1) is 25.4 Å². The second kappa shape index (κ2) is 5.74. The number of amides is 1. The molecule has 0 unspecified atom stereocenters. The van der Waals surface area contributed by atoms with E-state index in [0.29, 0.717) is 5.56 Å². The number of ketones is 1. The van der Waals surface area contributed by atoms with Crippen LogP contribution in [-0.4, -0.2) is 15.6 Å². The van der Waals surface area contributed by atoms with Gasteiger partial charge in [-0.2, -0.15) is 0 Å². The lowest BCUT2D eigenvalue weighted by Crippen LogP contribution is -2.46. The summed E-state index contributed by atoms with van der Waals surface area (Å²) in [7, 11) is 0. The topological polar surface area (TPSA) is 42.3 Å². The molecule has 5 rings (SSSR count). The van der Waals surface area contributed by atoms with Crippen LogP contribution in [0.15, 0.2) is 30.3 Å². The quantitative estimate of drug-likeness (QED) is 0.378. The third kappa shape index (κ3) is 2.21. The molecule has 0 fully saturated rings. The molecule has 1 aromatic heterocycles. The van der Waals surface area contributed by atoms with Crippen LogP contribution in [0.1, 0.15) is 45.8 Å². The molecule has 29 heavy (non-hydrogen) atoms. The third-order valence-electron chi connectivity index (χ3n) is 6.13. The predicted molar refractivity (Wildman–Crippen MR) is 119 cm³/mol. The Morgan fingerprint density at radius 3 is 2.31 bits per heavy atom. The second-order valence-electron chi connectivity index (χ2n) is 8.35. The fraction of sp³-hybridized carbons (Fsp3) is 0.261. The zero-order valence-electron chi connectivity index (χ0n) is 16.9. The highest BCUT2D eigenvalue weighted by atomic mass is 32.1. The van der Waals surface area contributed by atoms with Crippen molar-refractivity contribution in [2.45, 2.75) is 40.2 Å². The monoisotopic (exact) mass is 420 g/mol. The number of rotatable bonds is 1. The fourth-order valence-electron chi connectivity index (χ4n) is 4.43. The van der Waals surface area contributed by atoms with Gasteiger partial charge in [0.2, 0.25) is 0 Å². The van der Waals surface area contributed by atoms with Crippen LogP contribution >= 0.6 is 23.8 Å². The van der Waals surface area contributed by atoms with Gasteiger partial charge in [-0.15, -0.1) is 0 Å². The van der Waals surface area contributed by atoms with Crippen LogP contribution < -0.4 is 4.90 Å². The van der Waals surface area contributed by atoms with Crippen molar-refractivity contribution >= 4 is 41.1 Å². The lowest BCUT2D eigenvalue weighted by atomic mass is 9.85. The molecular formula is C23H20N2O2S2. The standard InChI is InChI=1S/C23H20N2O2S2/c1-11-6-8-14(9-7-11)25-22(28)17-15-10-12(2)13(3)16-18(15)24(21(27)19(16)26)23(4,5)20(17)29-25/h6-10H,1-5H3. The minimum Gasteiger partial charge on any atom is -0.294 e. The van der Waals surface area contributed by atoms with E-state index in [4.69, 9.17) is 12.2 Å². The number of hydrogen-bond donors (Lipinski definition) is 0. The van der Waals surface area contributed by atoms with Crippen LogP contribution in [0.25, 0.3) is 16.8 Å². The summed E-state index contributed by atoms with van der Waals surface area (Å²) in [5, 5.41) is 0. The van der Waals surface area contributed by atoms with Gasteiger partial charge in [-0.1, -0.05) is 41.4 Å². The number of fused-ring (bicyclic) bond motifs is 2. The van der Waals surface area contributed by atoms with E-state index in [9.17, 15) is 9.59 Å². The third-order valence-corrected chi connectivity index (χ3v) is 8.09. The number of carbonyl (C=O) groups is 2. The summed E-state index contributed by atoms with van der Waals surface area (Å²) in [6.07, 6.45) is 0. The summed E-state index contributed by atoms with van der Waals surface area (Å²) in [5.74, 6) is -0.866. The van der Waals surface area contributed by atoms with E-state index < -0.39 is 17.2 Å². The van der Waals surface area contributed by atoms with E-state index in [2.05, 4.69) is 41.2 Å². The molecule has 2 aliphatic heterocycles. The van der Waals surface area contributed by atoms with Gasteiger partial charge in [-0.05, 0) is 63.9 Å². The number of anilines is 1. The van der Waals surface area contributed by atoms with Gasteiger partial charge >= 0.3 is 0 Å². The van der Waals surface area contributed by atoms with Crippen LogP contribution in [0.2, 0.25) is 0 Å². The molecule has 0 spiro atoms. The largest absolute Gasteiger partial charge is 0.300 e. The zero-order valence-corrected chi connectivity index (χ0v) is 18.5. The average Bonchev–Trinajstić information content (AvgIpc) is 3.15. The maximum atomic E-state index is 13.0. The summed E-state index contributed by atoms with van der Waals surface area (Å²) in [6.45, 7) is 9.94. The Hall–Kier alpha value is -2.57. The lowest BCUT2D eigenvalue weighted by molar-refractivity contribution is -0.115. The van der Waals surface area contributed by atoms with Gasteiger partial charge < -0.3 is 0 Å². The smallest absolute Gasteiger partial charge is 0.294 e. The van der Waals surface area contributed by atoms with E-state index in [1.165, 1.54) is 5.56 Å². The first kappa shape index (κ1) is 18.5. The molecule has 0 bridgehead atoms. The molecule has 3 aromatic rings. The molecule has 2 aromatic carbocycles. The fourth-order valence-corrected chi connectivity index (χ4v) is 6.12. The maximum Gasteiger partial charge on any atom is 0.300 e. The molecule has 1 amide bonds. The van der Waals surface area contributed by atoms with Crippen LogP contribution in [-0.2, 0) is 10.3 Å². The summed E-state index contributed by atoms with van der Waals surface area (Å²) in [5.41, 5.74) is 6.52. The molecule has 0 N–H and O–H groups in total. The van der Waals surface area contributed by atoms with Gasteiger partial charge in [0.1, 0.15) is 4.64 Å². The molecule has 0 radical (unpaired) electrons. The molecule has 0 saturated heterocycles. The minimum absolute atomic E-state index is 0.414. The van der Waals surface area contributed by atoms with Crippen molar-refractivity contribution in [3.8, 4) is 16.8 Å². The molecule has 4 nitrogen and oxygen atoms in total. The van der Waals surface area contributed by atoms with Gasteiger partial charge in [0.15, 0.2) is 0 Å². The Bertz CT molecular complexity index is 1310. The molecule has 2 aliphatic rings. The summed E-state index contributed by atoms with van der Waals surface area (Å²) < 4.78 is 2.77. The summed E-state index contributed by atoms with van der Waals surface area (Å²) in [6, 6.07) is 10.3. The Balaban J connectivity index is 1.90. The molecule has 3 heterocycles. The number of aromatic nitrogens is 1. The van der Waals surface area contributed by atoms with Gasteiger partial charge in [0, 0.05) is 11.1 Å². The molecular weight excluding hydrogens is 400 g/mol. The lowest BCUT2D eigenvalue weighted by Gasteiger charge is -2.40. The van der Waals surface area contributed by atoms with Crippen molar-refractivity contribution in [3.05, 3.63) is 62.1 Å². The number of aryl methyl sites for hydroxylation is 2. The van der Waals surface area contributed by atoms with Gasteiger partial charge in [-0.3, -0.25) is 18.4 Å². The molecule has 6 heteroatoms. The highest BCUT2D eigenvalue weighted by Crippen LogP contribution is 2.55. The van der Waals surface area contributed by atoms with Crippen molar-refractivity contribution < 1.29 is 9.59 Å². The first-order chi connectivity index (χ1) is 13.6. The minimum atomic E-state index is -0.657. The van der Waals surface area contributed by atoms with Gasteiger partial charge in [0.25, 0.3) is 11.7 Å². The number of Topliss-reactive ketones (excluding diaryl/α,β-unsaturated/α-hetero) is 1. The van der Waals surface area contributed by atoms with Crippen LogP contribution in [0.3, 0.4) is 0 Å². The highest BCUT2D eigenvalue weighted by molar-refractivity contribution is 7.71. The SMILES string of the molecule is Cc1ccc(-n2sc3c(c2=S)-c2cc(C)c(C)c4c2N(C(=O)C4=O)C3(C)C)cc1. The van der Waals surface area contributed by atoms with Crippen molar-refractivity contribution in [3.63, 3.8) is 0 Å². The molecule has 0 aliphatic carbocycles. The number of carbonyl (C=O) groups excluding carboxylic acids is 2. The maximum absolute atomic E-state index is 13.0. The van der Waals surface area contributed by atoms with Crippen molar-refractivity contribution in [1.82, 2.24) is 3.96 Å². The van der Waals surface area contributed by atoms with E-state index in [1.54, 1.807) is 16.4 Å². The van der Waals surface area contributed by atoms with Crippen molar-refractivity contribution in [1.29, 1.82) is 0 Å². The highest BCUT2D eigenvalue weighted by Gasteiger charge is 2.52. The molecule has 0 saturated carbocycles. The van der Waals surface area contributed by atoms with Gasteiger partial charge in [-0.25, -0.2) is 0 Å². The number of hydrogen-bond acceptors (Lipinski definition) is 4. The Labute approximate surface area is 178 Å². The van der Waals surface area contributed by atoms with Crippen LogP contribution in [0.4, 0.5) is 5.69 Å². The first-order valence-electron chi connectivity index (χ1n) is 9.52. The second-order valence-corrected chi connectivity index (χ2v) is 9.69. The van der Waals surface area contributed by atoms with E-state index in [-0.39, 0.29) is 0 Å². The first-order valence-corrected chi connectivity index (χ1v) is 10.7. The van der Waals surface area contributed by atoms with E-state index >= 15 is 0 Å². The van der Waals surface area contributed by atoms with Crippen molar-refractivity contribution in [2.24, 2.45) is 0 Å². The average molecular weight is 421 g/mol. The molecule has 0 atom stereocenters. The predicted octanol–water partition coefficient (Wildman–Crippen LogP) is 5.64. The van der Waals surface area contributed by atoms with Gasteiger partial charge in [0.05, 0.1) is 27.4 Å². The molecule has 146 valence electrons. The normalized spacial score (nSPS) is 16.2. The zero-order chi connectivity index (χ0) is 20.8.